The van der Waals surface area contributed by atoms with E-state index in [0.717, 1.165) is 0 Å². The van der Waals surface area contributed by atoms with Crippen molar-refractivity contribution in [1.29, 1.82) is 0 Å². The molecule has 0 radical (unpaired) electrons. The second-order valence-corrected chi connectivity index (χ2v) is 4.16. The Morgan fingerprint density at radius 2 is 1.81 bits per heavy atom. The molecule has 0 saturated heterocycles. The summed E-state index contributed by atoms with van der Waals surface area (Å²) in [7, 11) is 0. The first-order chi connectivity index (χ1) is 7.27. The zero-order valence-corrected chi connectivity index (χ0v) is 10.8. The summed E-state index contributed by atoms with van der Waals surface area (Å²) >= 11 is 3.81. The molecule has 0 fully saturated rings. The second-order valence-electron chi connectivity index (χ2n) is 3.71. The van der Waals surface area contributed by atoms with Crippen molar-refractivity contribution in [2.45, 2.75) is 27.2 Å². The van der Waals surface area contributed by atoms with Gasteiger partial charge >= 0.3 is 11.9 Å². The molecule has 0 aromatic heterocycles. The third-order valence-corrected chi connectivity index (χ3v) is 2.11. The van der Waals surface area contributed by atoms with Crippen molar-refractivity contribution >= 4 is 24.6 Å². The monoisotopic (exact) mass is 252 g/mol. The largest absolute Gasteiger partial charge is 0.481 e. The zero-order chi connectivity index (χ0) is 13.2. The molecular weight excluding hydrogens is 232 g/mol. The van der Waals surface area contributed by atoms with E-state index in [9.17, 15) is 9.59 Å². The molecule has 0 aliphatic carbocycles. The lowest BCUT2D eigenvalue weighted by atomic mass is 9.91. The summed E-state index contributed by atoms with van der Waals surface area (Å²) in [6.07, 6.45) is 0.683. The van der Waals surface area contributed by atoms with Gasteiger partial charge in [-0.05, 0) is 20.3 Å². The number of carboxylic acids is 2. The molecule has 0 amide bonds. The highest BCUT2D eigenvalue weighted by molar-refractivity contribution is 7.80. The van der Waals surface area contributed by atoms with Crippen LogP contribution in [0, 0.1) is 5.41 Å². The molecule has 0 aliphatic heterocycles. The highest BCUT2D eigenvalue weighted by Gasteiger charge is 2.23. The van der Waals surface area contributed by atoms with E-state index in [1.807, 2.05) is 6.92 Å². The summed E-state index contributed by atoms with van der Waals surface area (Å²) < 4.78 is 4.57. The predicted octanol–water partition coefficient (Wildman–Crippen LogP) is 1.52. The van der Waals surface area contributed by atoms with Crippen LogP contribution in [0.2, 0.25) is 0 Å². The molecular formula is C10H20O5S. The minimum atomic E-state index is -0.938. The third-order valence-electron chi connectivity index (χ3n) is 1.92. The summed E-state index contributed by atoms with van der Waals surface area (Å²) in [5.41, 5.74) is -0.542. The van der Waals surface area contributed by atoms with Crippen LogP contribution in [-0.2, 0) is 14.3 Å². The van der Waals surface area contributed by atoms with Gasteiger partial charge in [-0.3, -0.25) is 4.79 Å². The molecule has 0 spiro atoms. The van der Waals surface area contributed by atoms with E-state index in [1.165, 1.54) is 0 Å². The number of rotatable bonds is 6. The van der Waals surface area contributed by atoms with Crippen molar-refractivity contribution in [3.63, 3.8) is 0 Å². The van der Waals surface area contributed by atoms with Crippen molar-refractivity contribution in [3.8, 4) is 0 Å². The van der Waals surface area contributed by atoms with Gasteiger partial charge in [-0.2, -0.15) is 12.6 Å². The van der Waals surface area contributed by atoms with Crippen molar-refractivity contribution in [3.05, 3.63) is 0 Å². The fraction of sp³-hybridized carbons (Fsp3) is 0.800. The summed E-state index contributed by atoms with van der Waals surface area (Å²) in [5.74, 6) is -1.10. The first-order valence-corrected chi connectivity index (χ1v) is 5.55. The molecule has 5 nitrogen and oxygen atoms in total. The van der Waals surface area contributed by atoms with Gasteiger partial charge in [0.25, 0.3) is 0 Å². The van der Waals surface area contributed by atoms with Crippen LogP contribution in [-0.4, -0.2) is 41.1 Å². The van der Waals surface area contributed by atoms with E-state index in [0.29, 0.717) is 18.8 Å². The average molecular weight is 252 g/mol. The van der Waals surface area contributed by atoms with E-state index >= 15 is 0 Å². The molecule has 0 aromatic carbocycles. The molecule has 2 N–H and O–H groups in total. The highest BCUT2D eigenvalue weighted by Crippen LogP contribution is 2.18. The highest BCUT2D eigenvalue weighted by atomic mass is 32.1. The van der Waals surface area contributed by atoms with Crippen molar-refractivity contribution in [2.75, 3.05) is 19.0 Å². The Hall–Kier alpha value is -0.750. The maximum atomic E-state index is 10.3. The Morgan fingerprint density at radius 1 is 1.31 bits per heavy atom. The Morgan fingerprint density at radius 3 is 2.00 bits per heavy atom. The molecule has 0 unspecified atom stereocenters. The van der Waals surface area contributed by atoms with Gasteiger partial charge in [-0.25, -0.2) is 4.79 Å². The first-order valence-electron chi connectivity index (χ1n) is 4.91. The zero-order valence-electron chi connectivity index (χ0n) is 9.89. The van der Waals surface area contributed by atoms with Gasteiger partial charge < -0.3 is 14.9 Å². The molecule has 0 atom stereocenters. The summed E-state index contributed by atoms with van der Waals surface area (Å²) in [6.45, 7) is 5.48. The minimum absolute atomic E-state index is 0.222. The maximum absolute atomic E-state index is 10.3. The second kappa shape index (κ2) is 9.47. The smallest absolute Gasteiger partial charge is 0.329 e. The van der Waals surface area contributed by atoms with Gasteiger partial charge in [0.05, 0.1) is 12.0 Å². The molecule has 96 valence electrons. The van der Waals surface area contributed by atoms with Crippen molar-refractivity contribution < 1.29 is 24.5 Å². The van der Waals surface area contributed by atoms with Gasteiger partial charge in [0.15, 0.2) is 0 Å². The van der Waals surface area contributed by atoms with Gasteiger partial charge in [-0.1, -0.05) is 6.92 Å². The Labute approximate surface area is 101 Å². The molecule has 0 bridgehead atoms. The first kappa shape index (κ1) is 17.6. The fourth-order valence-corrected chi connectivity index (χ4v) is 0.504. The van der Waals surface area contributed by atoms with Crippen LogP contribution >= 0.6 is 12.6 Å². The number of carboxylic acid groups (broad SMARTS) is 2. The summed E-state index contributed by atoms with van der Waals surface area (Å²) in [5, 5.41) is 16.4. The predicted molar refractivity (Wildman–Crippen MR) is 64.0 cm³/mol. The van der Waals surface area contributed by atoms with Crippen LogP contribution in [0.1, 0.15) is 27.2 Å². The molecule has 16 heavy (non-hydrogen) atoms. The average Bonchev–Trinajstić information content (AvgIpc) is 2.18. The van der Waals surface area contributed by atoms with Crippen molar-refractivity contribution in [2.24, 2.45) is 5.41 Å². The van der Waals surface area contributed by atoms with E-state index < -0.39 is 17.4 Å². The van der Waals surface area contributed by atoms with Gasteiger partial charge in [0.2, 0.25) is 0 Å². The van der Waals surface area contributed by atoms with Crippen LogP contribution < -0.4 is 0 Å². The quantitative estimate of drug-likeness (QED) is 0.493. The van der Waals surface area contributed by atoms with Crippen molar-refractivity contribution in [1.82, 2.24) is 0 Å². The van der Waals surface area contributed by atoms with Crippen LogP contribution in [0.5, 0.6) is 0 Å². The Bertz CT molecular complexity index is 215. The lowest BCUT2D eigenvalue weighted by Gasteiger charge is -2.14. The number of aliphatic carboxylic acids is 2. The van der Waals surface area contributed by atoms with E-state index in [2.05, 4.69) is 17.4 Å². The molecule has 6 heteroatoms. The molecule has 0 rings (SSSR count). The summed E-state index contributed by atoms with van der Waals surface area (Å²) in [4.78, 5) is 20.0. The molecule has 0 heterocycles. The molecule has 0 aliphatic rings. The van der Waals surface area contributed by atoms with Crippen LogP contribution in [0.4, 0.5) is 0 Å². The number of hydrogen-bond acceptors (Lipinski definition) is 4. The standard InChI is InChI=1S/C6H12O2.C4H8O3S/c1-4-6(2,3)5(7)8;5-4(6)3-7-1-2-8/h4H2,1-3H3,(H,7,8);8H,1-3H2,(H,5,6). The van der Waals surface area contributed by atoms with E-state index in [4.69, 9.17) is 10.2 Å². The van der Waals surface area contributed by atoms with E-state index in [-0.39, 0.29) is 6.61 Å². The van der Waals surface area contributed by atoms with Crippen LogP contribution in [0.3, 0.4) is 0 Å². The number of ether oxygens (including phenoxy) is 1. The fourth-order valence-electron chi connectivity index (χ4n) is 0.375. The lowest BCUT2D eigenvalue weighted by Crippen LogP contribution is -2.21. The lowest BCUT2D eigenvalue weighted by molar-refractivity contribution is -0.147. The number of thiol groups is 1. The molecule has 0 saturated carbocycles. The summed E-state index contributed by atoms with van der Waals surface area (Å²) in [6, 6.07) is 0. The van der Waals surface area contributed by atoms with Gasteiger partial charge in [0, 0.05) is 5.75 Å². The molecule has 0 aromatic rings. The number of carbonyl (C=O) groups is 2. The Balaban J connectivity index is 0. The van der Waals surface area contributed by atoms with Gasteiger partial charge in [-0.15, -0.1) is 0 Å². The topological polar surface area (TPSA) is 83.8 Å². The van der Waals surface area contributed by atoms with Gasteiger partial charge in [0.1, 0.15) is 6.61 Å². The van der Waals surface area contributed by atoms with Crippen LogP contribution in [0.15, 0.2) is 0 Å². The maximum Gasteiger partial charge on any atom is 0.329 e. The third kappa shape index (κ3) is 11.3. The minimum Gasteiger partial charge on any atom is -0.481 e. The van der Waals surface area contributed by atoms with E-state index in [1.54, 1.807) is 13.8 Å². The Kier molecular flexibility index (Phi) is 10.4. The number of hydrogen-bond donors (Lipinski definition) is 3. The van der Waals surface area contributed by atoms with Crippen LogP contribution in [0.25, 0.3) is 0 Å². The normalized spacial score (nSPS) is 10.2. The SMILES string of the molecule is CCC(C)(C)C(=O)O.O=C(O)COCCS.